The van der Waals surface area contributed by atoms with Gasteiger partial charge in [0, 0.05) is 26.4 Å². The number of benzene rings is 1. The molecule has 0 unspecified atom stereocenters. The van der Waals surface area contributed by atoms with Crippen LogP contribution in [0.4, 0.5) is 5.69 Å². The number of hydrogen-bond donors (Lipinski definition) is 1. The van der Waals surface area contributed by atoms with Gasteiger partial charge in [-0.25, -0.2) is 4.98 Å². The van der Waals surface area contributed by atoms with Gasteiger partial charge in [0.15, 0.2) is 0 Å². The van der Waals surface area contributed by atoms with Crippen LogP contribution in [0.3, 0.4) is 0 Å². The molecule has 0 radical (unpaired) electrons. The van der Waals surface area contributed by atoms with Gasteiger partial charge in [-0.2, -0.15) is 5.26 Å². The summed E-state index contributed by atoms with van der Waals surface area (Å²) in [6.07, 6.45) is 1.41. The van der Waals surface area contributed by atoms with Crippen LogP contribution in [0, 0.1) is 18.3 Å². The van der Waals surface area contributed by atoms with Crippen molar-refractivity contribution < 1.29 is 4.79 Å². The lowest BCUT2D eigenvalue weighted by Gasteiger charge is -2.07. The second-order valence-corrected chi connectivity index (χ2v) is 8.30. The number of nitrogens with zero attached hydrogens (tertiary/aromatic N) is 3. The normalized spacial score (nSPS) is 10.7. The summed E-state index contributed by atoms with van der Waals surface area (Å²) in [4.78, 5) is 32.5. The van der Waals surface area contributed by atoms with E-state index in [9.17, 15) is 9.59 Å². The van der Waals surface area contributed by atoms with Gasteiger partial charge >= 0.3 is 0 Å². The highest BCUT2D eigenvalue weighted by molar-refractivity contribution is 7.19. The summed E-state index contributed by atoms with van der Waals surface area (Å²) in [5.41, 5.74) is 1.70. The zero-order valence-electron chi connectivity index (χ0n) is 14.8. The molecule has 4 rings (SSSR count). The maximum atomic E-state index is 13.0. The first-order valence-corrected chi connectivity index (χ1v) is 10.1. The summed E-state index contributed by atoms with van der Waals surface area (Å²) in [6.45, 7) is 1.88. The van der Waals surface area contributed by atoms with Gasteiger partial charge in [0.25, 0.3) is 5.56 Å². The summed E-state index contributed by atoms with van der Waals surface area (Å²) in [5.74, 6) is -0.336. The van der Waals surface area contributed by atoms with Crippen molar-refractivity contribution in [2.75, 3.05) is 5.32 Å². The van der Waals surface area contributed by atoms with E-state index in [1.165, 1.54) is 27.1 Å². The van der Waals surface area contributed by atoms with Crippen LogP contribution in [0.25, 0.3) is 20.7 Å². The van der Waals surface area contributed by atoms with Gasteiger partial charge in [0.05, 0.1) is 23.3 Å². The van der Waals surface area contributed by atoms with Crippen LogP contribution >= 0.6 is 22.7 Å². The average molecular weight is 406 g/mol. The molecule has 0 spiro atoms. The third kappa shape index (κ3) is 3.45. The van der Waals surface area contributed by atoms with E-state index in [-0.39, 0.29) is 18.0 Å². The minimum absolute atomic E-state index is 0.138. The van der Waals surface area contributed by atoms with Gasteiger partial charge in [0.2, 0.25) is 5.91 Å². The zero-order valence-corrected chi connectivity index (χ0v) is 16.4. The van der Waals surface area contributed by atoms with Crippen molar-refractivity contribution in [3.8, 4) is 16.5 Å². The first-order chi connectivity index (χ1) is 13.5. The predicted octanol–water partition coefficient (Wildman–Crippen LogP) is 4.01. The number of amides is 1. The predicted molar refractivity (Wildman–Crippen MR) is 112 cm³/mol. The van der Waals surface area contributed by atoms with Gasteiger partial charge in [-0.05, 0) is 43.3 Å². The number of hydrogen-bond acceptors (Lipinski definition) is 6. The van der Waals surface area contributed by atoms with Crippen molar-refractivity contribution in [1.82, 2.24) is 9.55 Å². The van der Waals surface area contributed by atoms with E-state index in [2.05, 4.69) is 10.3 Å². The van der Waals surface area contributed by atoms with Gasteiger partial charge in [-0.1, -0.05) is 0 Å². The number of aromatic nitrogens is 2. The maximum Gasteiger partial charge on any atom is 0.263 e. The fourth-order valence-electron chi connectivity index (χ4n) is 2.82. The van der Waals surface area contributed by atoms with Gasteiger partial charge in [-0.15, -0.1) is 22.7 Å². The molecular weight excluding hydrogens is 392 g/mol. The molecule has 3 aromatic heterocycles. The van der Waals surface area contributed by atoms with E-state index in [1.54, 1.807) is 35.6 Å². The van der Waals surface area contributed by atoms with Crippen LogP contribution < -0.4 is 10.9 Å². The zero-order chi connectivity index (χ0) is 19.7. The van der Waals surface area contributed by atoms with Crippen LogP contribution in [0.1, 0.15) is 10.4 Å². The Balaban J connectivity index is 1.62. The molecular formula is C20H14N4O2S2. The summed E-state index contributed by atoms with van der Waals surface area (Å²) < 4.78 is 1.32. The molecule has 0 aliphatic heterocycles. The number of carbonyl (C=O) groups is 1. The highest BCUT2D eigenvalue weighted by atomic mass is 32.1. The van der Waals surface area contributed by atoms with E-state index < -0.39 is 0 Å². The standard InChI is InChI=1S/C20H14N4O2S2/c1-12-2-7-16(28-12)15-10-27-19-18(15)20(26)24(11-22-19)9-17(25)23-14-5-3-13(8-21)4-6-14/h2-7,10-11H,9H2,1H3,(H,23,25). The molecule has 4 aromatic rings. The topological polar surface area (TPSA) is 87.8 Å². The Kier molecular flexibility index (Phi) is 4.77. The monoisotopic (exact) mass is 406 g/mol. The van der Waals surface area contributed by atoms with Crippen LogP contribution in [0.2, 0.25) is 0 Å². The molecule has 0 aliphatic carbocycles. The van der Waals surface area contributed by atoms with Crippen LogP contribution in [0.5, 0.6) is 0 Å². The van der Waals surface area contributed by atoms with E-state index in [0.29, 0.717) is 21.5 Å². The Bertz CT molecular complexity index is 1280. The largest absolute Gasteiger partial charge is 0.325 e. The molecule has 8 heteroatoms. The number of nitrogens with one attached hydrogen (secondary N) is 1. The molecule has 1 N–H and O–H groups in total. The lowest BCUT2D eigenvalue weighted by atomic mass is 10.2. The lowest BCUT2D eigenvalue weighted by Crippen LogP contribution is -2.27. The first-order valence-electron chi connectivity index (χ1n) is 8.38. The fraction of sp³-hybridized carbons (Fsp3) is 0.100. The first kappa shape index (κ1) is 18.1. The molecule has 28 heavy (non-hydrogen) atoms. The van der Waals surface area contributed by atoms with E-state index >= 15 is 0 Å². The summed E-state index contributed by atoms with van der Waals surface area (Å²) in [5, 5.41) is 14.0. The molecule has 0 saturated carbocycles. The van der Waals surface area contributed by atoms with E-state index in [1.807, 2.05) is 30.5 Å². The van der Waals surface area contributed by atoms with Crippen molar-refractivity contribution in [3.05, 3.63) is 68.9 Å². The Morgan fingerprint density at radius 3 is 2.71 bits per heavy atom. The smallest absolute Gasteiger partial charge is 0.263 e. The molecule has 1 aromatic carbocycles. The Labute approximate surface area is 168 Å². The molecule has 6 nitrogen and oxygen atoms in total. The Morgan fingerprint density at radius 2 is 2.04 bits per heavy atom. The maximum absolute atomic E-state index is 13.0. The molecule has 3 heterocycles. The number of nitriles is 1. The van der Waals surface area contributed by atoms with Crippen molar-refractivity contribution in [3.63, 3.8) is 0 Å². The molecule has 138 valence electrons. The number of aryl methyl sites for hydroxylation is 1. The number of thiophene rings is 2. The van der Waals surface area contributed by atoms with Crippen LogP contribution in [-0.4, -0.2) is 15.5 Å². The van der Waals surface area contributed by atoms with Crippen molar-refractivity contribution >= 4 is 44.5 Å². The summed E-state index contributed by atoms with van der Waals surface area (Å²) in [7, 11) is 0. The quantitative estimate of drug-likeness (QED) is 0.555. The molecule has 0 atom stereocenters. The molecule has 0 aliphatic rings. The second-order valence-electron chi connectivity index (χ2n) is 6.15. The van der Waals surface area contributed by atoms with Crippen molar-refractivity contribution in [2.45, 2.75) is 13.5 Å². The Hall–Kier alpha value is -3.28. The van der Waals surface area contributed by atoms with Gasteiger partial charge in [-0.3, -0.25) is 14.2 Å². The van der Waals surface area contributed by atoms with Crippen LogP contribution in [0.15, 0.2) is 52.9 Å². The minimum Gasteiger partial charge on any atom is -0.325 e. The Morgan fingerprint density at radius 1 is 1.25 bits per heavy atom. The molecule has 0 bridgehead atoms. The summed E-state index contributed by atoms with van der Waals surface area (Å²) in [6, 6.07) is 12.6. The SMILES string of the molecule is Cc1ccc(-c2csc3ncn(CC(=O)Nc4ccc(C#N)cc4)c(=O)c23)s1. The summed E-state index contributed by atoms with van der Waals surface area (Å²) >= 11 is 3.04. The lowest BCUT2D eigenvalue weighted by molar-refractivity contribution is -0.116. The van der Waals surface area contributed by atoms with Gasteiger partial charge in [0.1, 0.15) is 11.4 Å². The third-order valence-corrected chi connectivity index (χ3v) is 6.10. The van der Waals surface area contributed by atoms with Gasteiger partial charge < -0.3 is 5.32 Å². The second kappa shape index (κ2) is 7.38. The number of carbonyl (C=O) groups excluding carboxylic acids is 1. The van der Waals surface area contributed by atoms with Crippen molar-refractivity contribution in [1.29, 1.82) is 5.26 Å². The highest BCUT2D eigenvalue weighted by Crippen LogP contribution is 2.34. The van der Waals surface area contributed by atoms with E-state index in [0.717, 1.165) is 10.4 Å². The number of rotatable bonds is 4. The molecule has 1 amide bonds. The third-order valence-electron chi connectivity index (χ3n) is 4.18. The fourth-order valence-corrected chi connectivity index (χ4v) is 4.69. The van der Waals surface area contributed by atoms with Crippen molar-refractivity contribution in [2.24, 2.45) is 0 Å². The highest BCUT2D eigenvalue weighted by Gasteiger charge is 2.15. The number of anilines is 1. The average Bonchev–Trinajstić information content (AvgIpc) is 3.31. The molecule has 0 fully saturated rings. The minimum atomic E-state index is -0.336. The van der Waals surface area contributed by atoms with E-state index in [4.69, 9.17) is 5.26 Å². The number of fused-ring (bicyclic) bond motifs is 1. The molecule has 0 saturated heterocycles. The van der Waals surface area contributed by atoms with Crippen LogP contribution in [-0.2, 0) is 11.3 Å².